The molecule has 3 heterocycles. The zero-order valence-corrected chi connectivity index (χ0v) is 30.7. The molecule has 0 N–H and O–H groups in total. The molecule has 244 valence electrons. The summed E-state index contributed by atoms with van der Waals surface area (Å²) in [4.78, 5) is 8.94. The summed E-state index contributed by atoms with van der Waals surface area (Å²) in [6.07, 6.45) is 1.81. The SMILES string of the molecule is CN1[CH-]N(c2[c-]c(S(=O)(=O)c3[c-]c4c(cc3)c3ccccc3n4-c3cc(C(C)(C)C)ccn3)ccc2)c2ccc(C(C)(C)C)cc21.[Pt]. The molecule has 0 bridgehead atoms. The van der Waals surface area contributed by atoms with Crippen molar-refractivity contribution in [2.75, 3.05) is 16.8 Å². The molecule has 8 heteroatoms. The van der Waals surface area contributed by atoms with E-state index in [9.17, 15) is 8.42 Å². The predicted molar refractivity (Wildman–Crippen MR) is 187 cm³/mol. The molecule has 0 saturated heterocycles. The molecule has 6 nitrogen and oxygen atoms in total. The molecule has 0 saturated carbocycles. The number of nitrogens with zero attached hydrogens (tertiary/aromatic N) is 4. The molecule has 2 aromatic heterocycles. The number of anilines is 3. The normalized spacial score (nSPS) is 13.7. The number of benzene rings is 4. The minimum Gasteiger partial charge on any atom is -0.504 e. The van der Waals surface area contributed by atoms with E-state index in [-0.39, 0.29) is 41.7 Å². The van der Waals surface area contributed by atoms with Crippen molar-refractivity contribution in [3.05, 3.63) is 121 Å². The molecule has 0 fully saturated rings. The molecule has 0 aliphatic carbocycles. The molecule has 6 aromatic rings. The summed E-state index contributed by atoms with van der Waals surface area (Å²) >= 11 is 0. The average Bonchev–Trinajstić information content (AvgIpc) is 3.54. The monoisotopic (exact) mass is 820 g/mol. The third-order valence-electron chi connectivity index (χ3n) is 8.76. The fourth-order valence-electron chi connectivity index (χ4n) is 6.09. The second-order valence-electron chi connectivity index (χ2n) is 14.0. The molecule has 0 spiro atoms. The van der Waals surface area contributed by atoms with Gasteiger partial charge in [-0.05, 0) is 74.5 Å². The van der Waals surface area contributed by atoms with Crippen molar-refractivity contribution in [2.45, 2.75) is 62.2 Å². The molecule has 4 aromatic carbocycles. The van der Waals surface area contributed by atoms with Crippen molar-refractivity contribution < 1.29 is 29.5 Å². The molecular weight excluding hydrogens is 784 g/mol. The van der Waals surface area contributed by atoms with E-state index in [4.69, 9.17) is 4.98 Å². The van der Waals surface area contributed by atoms with Crippen LogP contribution in [-0.2, 0) is 41.7 Å². The molecule has 0 amide bonds. The van der Waals surface area contributed by atoms with E-state index in [0.717, 1.165) is 39.0 Å². The first kappa shape index (κ1) is 33.0. The van der Waals surface area contributed by atoms with Crippen LogP contribution in [0, 0.1) is 18.8 Å². The summed E-state index contributed by atoms with van der Waals surface area (Å²) in [6.45, 7) is 15.0. The van der Waals surface area contributed by atoms with Crippen molar-refractivity contribution in [2.24, 2.45) is 0 Å². The second-order valence-corrected chi connectivity index (χ2v) is 15.9. The smallest absolute Gasteiger partial charge is 0.160 e. The van der Waals surface area contributed by atoms with Crippen LogP contribution in [0.15, 0.2) is 101 Å². The number of rotatable bonds is 4. The Balaban J connectivity index is 0.00000386. The Bertz CT molecular complexity index is 2260. The first-order chi connectivity index (χ1) is 21.7. The summed E-state index contributed by atoms with van der Waals surface area (Å²) in [5, 5.41) is 1.92. The number of pyridine rings is 1. The van der Waals surface area contributed by atoms with Crippen molar-refractivity contribution in [3.63, 3.8) is 0 Å². The Labute approximate surface area is 292 Å². The van der Waals surface area contributed by atoms with Gasteiger partial charge in [0.1, 0.15) is 5.82 Å². The van der Waals surface area contributed by atoms with Crippen LogP contribution >= 0.6 is 0 Å². The number of fused-ring (bicyclic) bond motifs is 4. The first-order valence-electron chi connectivity index (χ1n) is 15.4. The van der Waals surface area contributed by atoms with Gasteiger partial charge in [0.2, 0.25) is 0 Å². The fourth-order valence-corrected chi connectivity index (χ4v) is 7.31. The third kappa shape index (κ3) is 5.68. The van der Waals surface area contributed by atoms with Gasteiger partial charge in [-0.15, -0.1) is 29.3 Å². The van der Waals surface area contributed by atoms with Crippen LogP contribution in [0.25, 0.3) is 27.6 Å². The van der Waals surface area contributed by atoms with Gasteiger partial charge in [0.05, 0.1) is 0 Å². The predicted octanol–water partition coefficient (Wildman–Crippen LogP) is 8.91. The molecule has 7 rings (SSSR count). The largest absolute Gasteiger partial charge is 0.504 e. The Hall–Kier alpha value is -3.93. The number of hydrogen-bond donors (Lipinski definition) is 0. The van der Waals surface area contributed by atoms with Crippen molar-refractivity contribution in [1.82, 2.24) is 9.55 Å². The minimum atomic E-state index is -3.97. The van der Waals surface area contributed by atoms with Crippen LogP contribution in [0.4, 0.5) is 17.1 Å². The number of hydrogen-bond acceptors (Lipinski definition) is 5. The summed E-state index contributed by atoms with van der Waals surface area (Å²) in [7, 11) is -1.97. The summed E-state index contributed by atoms with van der Waals surface area (Å²) in [6, 6.07) is 33.9. The fraction of sp³-hybridized carbons (Fsp3) is 0.231. The van der Waals surface area contributed by atoms with Crippen LogP contribution < -0.4 is 9.80 Å². The van der Waals surface area contributed by atoms with Gasteiger partial charge in [0.25, 0.3) is 0 Å². The molecule has 0 unspecified atom stereocenters. The van der Waals surface area contributed by atoms with Crippen molar-refractivity contribution in [3.8, 4) is 5.82 Å². The quantitative estimate of drug-likeness (QED) is 0.167. The van der Waals surface area contributed by atoms with Crippen LogP contribution in [0.3, 0.4) is 0 Å². The van der Waals surface area contributed by atoms with E-state index in [1.807, 2.05) is 71.8 Å². The number of aromatic nitrogens is 2. The minimum absolute atomic E-state index is 0. The van der Waals surface area contributed by atoms with Gasteiger partial charge < -0.3 is 14.4 Å². The van der Waals surface area contributed by atoms with E-state index < -0.39 is 9.84 Å². The van der Waals surface area contributed by atoms with E-state index in [0.29, 0.717) is 11.2 Å². The van der Waals surface area contributed by atoms with Gasteiger partial charge in [0.15, 0.2) is 9.84 Å². The zero-order chi connectivity index (χ0) is 32.6. The number of para-hydroxylation sites is 1. The molecular formula is C39H37N4O2PtS-3. The van der Waals surface area contributed by atoms with Gasteiger partial charge in [0, 0.05) is 44.2 Å². The first-order valence-corrected chi connectivity index (χ1v) is 16.9. The summed E-state index contributed by atoms with van der Waals surface area (Å²) in [5.74, 6) is 0.722. The summed E-state index contributed by atoms with van der Waals surface area (Å²) in [5.41, 5.74) is 6.59. The summed E-state index contributed by atoms with van der Waals surface area (Å²) < 4.78 is 30.5. The topological polar surface area (TPSA) is 58.4 Å². The van der Waals surface area contributed by atoms with Crippen LogP contribution in [0.1, 0.15) is 52.7 Å². The van der Waals surface area contributed by atoms with Gasteiger partial charge in [-0.1, -0.05) is 71.3 Å². The van der Waals surface area contributed by atoms with Crippen molar-refractivity contribution in [1.29, 1.82) is 0 Å². The maximum absolute atomic E-state index is 14.2. The Kier molecular flexibility index (Phi) is 8.17. The van der Waals surface area contributed by atoms with E-state index in [1.54, 1.807) is 18.2 Å². The molecule has 0 atom stereocenters. The van der Waals surface area contributed by atoms with Crippen molar-refractivity contribution >= 4 is 48.7 Å². The van der Waals surface area contributed by atoms with E-state index in [2.05, 4.69) is 82.8 Å². The second kappa shape index (κ2) is 11.6. The standard InChI is InChI=1S/C39H37N4O2S.Pt/c1-38(2,3)26-15-18-34-36(21-26)41(7)25-42(34)28-11-10-12-29(23-28)46(44,45)30-16-17-32-31-13-8-9-14-33(31)43(35(32)24-30)37-22-27(19-20-40-37)39(4,5)6;/h8-22,25H,1-7H3;/q-3;. The maximum atomic E-state index is 14.2. The van der Waals surface area contributed by atoms with Crippen LogP contribution in [0.5, 0.6) is 0 Å². The molecule has 1 aliphatic rings. The molecule has 0 radical (unpaired) electrons. The maximum Gasteiger partial charge on any atom is 0.160 e. The molecule has 47 heavy (non-hydrogen) atoms. The number of sulfone groups is 1. The van der Waals surface area contributed by atoms with Crippen LogP contribution in [-0.4, -0.2) is 25.0 Å². The van der Waals surface area contributed by atoms with E-state index in [1.165, 1.54) is 5.56 Å². The third-order valence-corrected chi connectivity index (χ3v) is 10.4. The zero-order valence-electron chi connectivity index (χ0n) is 27.6. The Morgan fingerprint density at radius 1 is 0.723 bits per heavy atom. The van der Waals surface area contributed by atoms with Gasteiger partial charge in [-0.2, -0.15) is 30.9 Å². The van der Waals surface area contributed by atoms with Crippen LogP contribution in [0.2, 0.25) is 0 Å². The molecule has 1 aliphatic heterocycles. The van der Waals surface area contributed by atoms with Gasteiger partial charge in [-0.3, -0.25) is 0 Å². The van der Waals surface area contributed by atoms with Gasteiger partial charge >= 0.3 is 0 Å². The van der Waals surface area contributed by atoms with Gasteiger partial charge in [-0.25, -0.2) is 13.4 Å². The Morgan fingerprint density at radius 2 is 1.43 bits per heavy atom. The van der Waals surface area contributed by atoms with E-state index >= 15 is 0 Å². The average molecular weight is 821 g/mol. The Morgan fingerprint density at radius 3 is 2.17 bits per heavy atom.